The van der Waals surface area contributed by atoms with Crippen molar-refractivity contribution in [2.45, 2.75) is 13.8 Å². The van der Waals surface area contributed by atoms with Crippen LogP contribution in [0.5, 0.6) is 5.75 Å². The summed E-state index contributed by atoms with van der Waals surface area (Å²) in [6.45, 7) is 3.35. The molecular weight excluding hydrogens is 306 g/mol. The van der Waals surface area contributed by atoms with Gasteiger partial charge in [-0.05, 0) is 38.1 Å². The number of carbonyl (C=O) groups is 1. The first-order chi connectivity index (χ1) is 11.6. The molecule has 0 amide bonds. The molecule has 0 bridgehead atoms. The van der Waals surface area contributed by atoms with Crippen LogP contribution in [-0.4, -0.2) is 32.6 Å². The van der Waals surface area contributed by atoms with E-state index in [2.05, 4.69) is 20.4 Å². The number of hydrogen-bond donors (Lipinski definition) is 1. The highest BCUT2D eigenvalue weighted by molar-refractivity contribution is 5.95. The van der Waals surface area contributed by atoms with E-state index in [0.29, 0.717) is 17.2 Å². The highest BCUT2D eigenvalue weighted by atomic mass is 16.5. The van der Waals surface area contributed by atoms with Gasteiger partial charge in [-0.15, -0.1) is 0 Å². The van der Waals surface area contributed by atoms with Crippen LogP contribution in [0.25, 0.3) is 5.82 Å². The van der Waals surface area contributed by atoms with Gasteiger partial charge in [0.1, 0.15) is 17.9 Å². The SMILES string of the molecule is COc1ccc(Nc2cc(-n3ncc(C(C)=O)c3C)ncn2)cc1. The zero-order chi connectivity index (χ0) is 17.1. The van der Waals surface area contributed by atoms with E-state index in [-0.39, 0.29) is 5.78 Å². The number of benzene rings is 1. The Morgan fingerprint density at radius 3 is 2.58 bits per heavy atom. The Labute approximate surface area is 139 Å². The van der Waals surface area contributed by atoms with Gasteiger partial charge in [0.25, 0.3) is 0 Å². The number of nitrogens with one attached hydrogen (secondary N) is 1. The smallest absolute Gasteiger partial charge is 0.163 e. The summed E-state index contributed by atoms with van der Waals surface area (Å²) < 4.78 is 6.76. The zero-order valence-electron chi connectivity index (χ0n) is 13.6. The number of hydrogen-bond acceptors (Lipinski definition) is 6. The summed E-state index contributed by atoms with van der Waals surface area (Å²) >= 11 is 0. The van der Waals surface area contributed by atoms with Crippen molar-refractivity contribution in [2.75, 3.05) is 12.4 Å². The maximum atomic E-state index is 11.6. The first-order valence-corrected chi connectivity index (χ1v) is 7.37. The summed E-state index contributed by atoms with van der Waals surface area (Å²) in [6.07, 6.45) is 3.01. The molecule has 24 heavy (non-hydrogen) atoms. The molecule has 1 aromatic carbocycles. The second-order valence-corrected chi connectivity index (χ2v) is 5.23. The van der Waals surface area contributed by atoms with Gasteiger partial charge in [-0.2, -0.15) is 5.10 Å². The molecule has 0 fully saturated rings. The first-order valence-electron chi connectivity index (χ1n) is 7.37. The third-order valence-corrected chi connectivity index (χ3v) is 3.62. The van der Waals surface area contributed by atoms with Gasteiger partial charge in [0.05, 0.1) is 24.6 Å². The molecule has 0 aliphatic carbocycles. The number of Topliss-reactive ketones (excluding diaryl/α,β-unsaturated/α-hetero) is 1. The van der Waals surface area contributed by atoms with Crippen molar-refractivity contribution in [1.29, 1.82) is 0 Å². The van der Waals surface area contributed by atoms with Gasteiger partial charge < -0.3 is 10.1 Å². The van der Waals surface area contributed by atoms with E-state index in [0.717, 1.165) is 17.1 Å². The quantitative estimate of drug-likeness (QED) is 0.727. The average Bonchev–Trinajstić information content (AvgIpc) is 2.97. The molecule has 0 spiro atoms. The molecule has 0 unspecified atom stereocenters. The minimum atomic E-state index is -0.0237. The van der Waals surface area contributed by atoms with Gasteiger partial charge in [-0.1, -0.05) is 0 Å². The van der Waals surface area contributed by atoms with E-state index >= 15 is 0 Å². The predicted molar refractivity (Wildman–Crippen MR) is 90.2 cm³/mol. The van der Waals surface area contributed by atoms with Crippen molar-refractivity contribution < 1.29 is 9.53 Å². The molecule has 0 aliphatic heterocycles. The van der Waals surface area contributed by atoms with Gasteiger partial charge >= 0.3 is 0 Å². The maximum absolute atomic E-state index is 11.6. The molecule has 2 heterocycles. The van der Waals surface area contributed by atoms with Crippen LogP contribution in [0.15, 0.2) is 42.9 Å². The van der Waals surface area contributed by atoms with Crippen LogP contribution < -0.4 is 10.1 Å². The number of nitrogens with zero attached hydrogens (tertiary/aromatic N) is 4. The normalized spacial score (nSPS) is 10.5. The van der Waals surface area contributed by atoms with E-state index in [1.165, 1.54) is 13.3 Å². The molecule has 7 nitrogen and oxygen atoms in total. The van der Waals surface area contributed by atoms with Crippen molar-refractivity contribution in [2.24, 2.45) is 0 Å². The van der Waals surface area contributed by atoms with E-state index in [1.807, 2.05) is 31.2 Å². The van der Waals surface area contributed by atoms with E-state index in [9.17, 15) is 4.79 Å². The molecule has 7 heteroatoms. The number of rotatable bonds is 5. The molecular formula is C17H17N5O2. The molecule has 3 rings (SSSR count). The Kier molecular flexibility index (Phi) is 4.24. The third-order valence-electron chi connectivity index (χ3n) is 3.62. The summed E-state index contributed by atoms with van der Waals surface area (Å²) in [6, 6.07) is 9.29. The minimum Gasteiger partial charge on any atom is -0.497 e. The molecule has 3 aromatic rings. The molecule has 0 radical (unpaired) electrons. The van der Waals surface area contributed by atoms with Gasteiger partial charge in [0.2, 0.25) is 0 Å². The summed E-state index contributed by atoms with van der Waals surface area (Å²) in [5, 5.41) is 7.44. The lowest BCUT2D eigenvalue weighted by Gasteiger charge is -2.08. The molecule has 0 atom stereocenters. The Bertz CT molecular complexity index is 871. The van der Waals surface area contributed by atoms with Crippen LogP contribution in [0.2, 0.25) is 0 Å². The van der Waals surface area contributed by atoms with Gasteiger partial charge in [0.15, 0.2) is 11.6 Å². The third kappa shape index (κ3) is 3.10. The number of ether oxygens (including phenoxy) is 1. The van der Waals surface area contributed by atoms with E-state index < -0.39 is 0 Å². The van der Waals surface area contributed by atoms with E-state index in [4.69, 9.17) is 4.74 Å². The molecule has 122 valence electrons. The summed E-state index contributed by atoms with van der Waals surface area (Å²) in [4.78, 5) is 20.0. The highest BCUT2D eigenvalue weighted by Crippen LogP contribution is 2.20. The standard InChI is InChI=1S/C17H17N5O2/c1-11-15(12(2)23)9-20-22(11)17-8-16(18-10-19-17)21-13-4-6-14(24-3)7-5-13/h4-10H,1-3H3,(H,18,19,21). The number of aromatic nitrogens is 4. The monoisotopic (exact) mass is 323 g/mol. The molecule has 1 N–H and O–H groups in total. The largest absolute Gasteiger partial charge is 0.497 e. The fourth-order valence-electron chi connectivity index (χ4n) is 2.34. The van der Waals surface area contributed by atoms with Crippen LogP contribution in [0.1, 0.15) is 23.0 Å². The van der Waals surface area contributed by atoms with Crippen molar-refractivity contribution >= 4 is 17.3 Å². The fourth-order valence-corrected chi connectivity index (χ4v) is 2.34. The Morgan fingerprint density at radius 2 is 1.96 bits per heavy atom. The van der Waals surface area contributed by atoms with Crippen molar-refractivity contribution in [3.8, 4) is 11.6 Å². The predicted octanol–water partition coefficient (Wildman–Crippen LogP) is 2.93. The molecule has 0 saturated heterocycles. The molecule has 0 aliphatic rings. The number of anilines is 2. The van der Waals surface area contributed by atoms with Crippen LogP contribution >= 0.6 is 0 Å². The lowest BCUT2D eigenvalue weighted by molar-refractivity contribution is 0.101. The maximum Gasteiger partial charge on any atom is 0.163 e. The first kappa shape index (κ1) is 15.7. The summed E-state index contributed by atoms with van der Waals surface area (Å²) in [5.41, 5.74) is 2.21. The lowest BCUT2D eigenvalue weighted by Crippen LogP contribution is -2.05. The van der Waals surface area contributed by atoms with Crippen molar-refractivity contribution in [3.63, 3.8) is 0 Å². The highest BCUT2D eigenvalue weighted by Gasteiger charge is 2.12. The number of methoxy groups -OCH3 is 1. The summed E-state index contributed by atoms with van der Waals surface area (Å²) in [5.74, 6) is 1.98. The number of ketones is 1. The summed E-state index contributed by atoms with van der Waals surface area (Å²) in [7, 11) is 1.63. The Balaban J connectivity index is 1.87. The molecule has 2 aromatic heterocycles. The Hall–Kier alpha value is -3.22. The second kappa shape index (κ2) is 6.49. The molecule has 0 saturated carbocycles. The second-order valence-electron chi connectivity index (χ2n) is 5.23. The minimum absolute atomic E-state index is 0.0237. The van der Waals surface area contributed by atoms with Gasteiger partial charge in [-0.25, -0.2) is 14.6 Å². The van der Waals surface area contributed by atoms with Crippen molar-refractivity contribution in [3.05, 3.63) is 54.1 Å². The van der Waals surface area contributed by atoms with Crippen LogP contribution in [-0.2, 0) is 0 Å². The van der Waals surface area contributed by atoms with Crippen LogP contribution in [0.3, 0.4) is 0 Å². The lowest BCUT2D eigenvalue weighted by atomic mass is 10.2. The van der Waals surface area contributed by atoms with Gasteiger partial charge in [0, 0.05) is 11.8 Å². The fraction of sp³-hybridized carbons (Fsp3) is 0.176. The topological polar surface area (TPSA) is 81.9 Å². The van der Waals surface area contributed by atoms with Gasteiger partial charge in [-0.3, -0.25) is 4.79 Å². The van der Waals surface area contributed by atoms with Crippen LogP contribution in [0, 0.1) is 6.92 Å². The Morgan fingerprint density at radius 1 is 1.21 bits per heavy atom. The van der Waals surface area contributed by atoms with E-state index in [1.54, 1.807) is 24.1 Å². The van der Waals surface area contributed by atoms with Crippen molar-refractivity contribution in [1.82, 2.24) is 19.7 Å². The van der Waals surface area contributed by atoms with Crippen LogP contribution in [0.4, 0.5) is 11.5 Å². The average molecular weight is 323 g/mol. The zero-order valence-corrected chi connectivity index (χ0v) is 13.6. The number of carbonyl (C=O) groups excluding carboxylic acids is 1.